The van der Waals surface area contributed by atoms with Crippen molar-refractivity contribution in [2.45, 2.75) is 31.3 Å². The van der Waals surface area contributed by atoms with Crippen LogP contribution in [-0.4, -0.2) is 46.3 Å². The van der Waals surface area contributed by atoms with Crippen molar-refractivity contribution in [3.8, 4) is 5.75 Å². The second kappa shape index (κ2) is 8.12. The topological polar surface area (TPSA) is 79.0 Å². The molecule has 0 saturated heterocycles. The van der Waals surface area contributed by atoms with E-state index in [0.29, 0.717) is 30.0 Å². The van der Waals surface area contributed by atoms with Gasteiger partial charge in [-0.3, -0.25) is 9.10 Å². The second-order valence-electron chi connectivity index (χ2n) is 8.02. The number of benzene rings is 2. The lowest BCUT2D eigenvalue weighted by molar-refractivity contribution is -0.123. The van der Waals surface area contributed by atoms with Gasteiger partial charge in [-0.1, -0.05) is 12.1 Å². The van der Waals surface area contributed by atoms with E-state index in [0.717, 1.165) is 24.0 Å². The van der Waals surface area contributed by atoms with Crippen LogP contribution < -0.4 is 14.4 Å². The van der Waals surface area contributed by atoms with Crippen molar-refractivity contribution in [2.75, 3.05) is 32.0 Å². The van der Waals surface area contributed by atoms with Crippen LogP contribution >= 0.6 is 0 Å². The lowest BCUT2D eigenvalue weighted by Gasteiger charge is -2.27. The first-order valence-electron chi connectivity index (χ1n) is 10.2. The van der Waals surface area contributed by atoms with Gasteiger partial charge >= 0.3 is 10.2 Å². The number of aryl methyl sites for hydroxylation is 1. The number of rotatable bonds is 4. The summed E-state index contributed by atoms with van der Waals surface area (Å²) in [5, 5.41) is 2.69. The molecule has 7 nitrogen and oxygen atoms in total. The molecule has 2 aliphatic rings. The number of nitrogens with one attached hydrogen (secondary N) is 1. The Hall–Kier alpha value is -2.65. The molecule has 0 bridgehead atoms. The molecule has 0 fully saturated rings. The third-order valence-corrected chi connectivity index (χ3v) is 7.76. The van der Waals surface area contributed by atoms with Crippen LogP contribution in [0.3, 0.4) is 0 Å². The summed E-state index contributed by atoms with van der Waals surface area (Å²) in [5.41, 5.74) is 2.86. The van der Waals surface area contributed by atoms with Gasteiger partial charge in [0.15, 0.2) is 0 Å². The Morgan fingerprint density at radius 2 is 1.90 bits per heavy atom. The Morgan fingerprint density at radius 1 is 1.19 bits per heavy atom. The predicted octanol–water partition coefficient (Wildman–Crippen LogP) is 2.74. The molecule has 2 heterocycles. The maximum absolute atomic E-state index is 13.4. The minimum atomic E-state index is -3.67. The van der Waals surface area contributed by atoms with Crippen LogP contribution in [0.1, 0.15) is 41.6 Å². The molecule has 2 unspecified atom stereocenters. The van der Waals surface area contributed by atoms with Crippen LogP contribution in [0.15, 0.2) is 36.4 Å². The lowest BCUT2D eigenvalue weighted by Crippen LogP contribution is -2.40. The van der Waals surface area contributed by atoms with Gasteiger partial charge in [0, 0.05) is 39.3 Å². The molecule has 0 spiro atoms. The van der Waals surface area contributed by atoms with Crippen molar-refractivity contribution in [3.63, 3.8) is 0 Å². The summed E-state index contributed by atoms with van der Waals surface area (Å²) < 4.78 is 48.1. The maximum atomic E-state index is 13.4. The summed E-state index contributed by atoms with van der Waals surface area (Å²) in [6.45, 7) is 0.382. The van der Waals surface area contributed by atoms with E-state index < -0.39 is 22.2 Å². The zero-order chi connectivity index (χ0) is 22.3. The molecule has 2 aliphatic heterocycles. The zero-order valence-corrected chi connectivity index (χ0v) is 18.6. The molecule has 31 heavy (non-hydrogen) atoms. The molecule has 1 N–H and O–H groups in total. The molecule has 2 aromatic rings. The molecule has 2 aromatic carbocycles. The van der Waals surface area contributed by atoms with Crippen LogP contribution in [0.25, 0.3) is 0 Å². The fourth-order valence-corrected chi connectivity index (χ4v) is 5.43. The van der Waals surface area contributed by atoms with Gasteiger partial charge in [-0.25, -0.2) is 4.39 Å². The summed E-state index contributed by atoms with van der Waals surface area (Å²) in [6, 6.07) is 9.52. The first kappa shape index (κ1) is 21.6. The number of nitrogens with zero attached hydrogens (tertiary/aromatic N) is 2. The Bertz CT molecular complexity index is 1100. The molecule has 166 valence electrons. The summed E-state index contributed by atoms with van der Waals surface area (Å²) in [7, 11) is 0.917. The van der Waals surface area contributed by atoms with E-state index in [2.05, 4.69) is 5.32 Å². The van der Waals surface area contributed by atoms with E-state index in [-0.39, 0.29) is 11.7 Å². The Morgan fingerprint density at radius 3 is 2.55 bits per heavy atom. The number of halogens is 1. The van der Waals surface area contributed by atoms with E-state index in [1.54, 1.807) is 25.2 Å². The van der Waals surface area contributed by atoms with E-state index in [1.165, 1.54) is 34.8 Å². The van der Waals surface area contributed by atoms with E-state index in [4.69, 9.17) is 4.74 Å². The van der Waals surface area contributed by atoms with Gasteiger partial charge in [-0.15, -0.1) is 0 Å². The van der Waals surface area contributed by atoms with Crippen molar-refractivity contribution >= 4 is 21.8 Å². The van der Waals surface area contributed by atoms with Crippen molar-refractivity contribution in [1.29, 1.82) is 0 Å². The first-order valence-corrected chi connectivity index (χ1v) is 11.6. The molecular formula is C22H26FN3O4S. The number of hydrogen-bond acceptors (Lipinski definition) is 4. The van der Waals surface area contributed by atoms with Crippen molar-refractivity contribution in [2.24, 2.45) is 0 Å². The van der Waals surface area contributed by atoms with Crippen LogP contribution in [0.4, 0.5) is 10.1 Å². The van der Waals surface area contributed by atoms with Gasteiger partial charge in [-0.2, -0.15) is 12.7 Å². The summed E-state index contributed by atoms with van der Waals surface area (Å²) in [5.74, 6) is -0.716. The number of anilines is 1. The highest BCUT2D eigenvalue weighted by molar-refractivity contribution is 7.90. The minimum absolute atomic E-state index is 0.209. The summed E-state index contributed by atoms with van der Waals surface area (Å²) in [4.78, 5) is 12.8. The fraction of sp³-hybridized carbons (Fsp3) is 0.409. The molecule has 9 heteroatoms. The molecule has 0 aromatic heterocycles. The average molecular weight is 448 g/mol. The number of likely N-dealkylation sites (N-methyl/N-ethyl adjacent to an activating group) is 1. The van der Waals surface area contributed by atoms with Gasteiger partial charge in [-0.05, 0) is 48.6 Å². The molecule has 1 amide bonds. The zero-order valence-electron chi connectivity index (χ0n) is 17.8. The fourth-order valence-electron chi connectivity index (χ4n) is 4.25. The van der Waals surface area contributed by atoms with Gasteiger partial charge in [0.25, 0.3) is 0 Å². The summed E-state index contributed by atoms with van der Waals surface area (Å²) in [6.07, 6.45) is 1.67. The molecule has 0 saturated carbocycles. The summed E-state index contributed by atoms with van der Waals surface area (Å²) >= 11 is 0. The Labute approximate surface area is 182 Å². The van der Waals surface area contributed by atoms with Crippen molar-refractivity contribution < 1.29 is 22.3 Å². The first-order chi connectivity index (χ1) is 14.7. The normalized spacial score (nSPS) is 20.6. The van der Waals surface area contributed by atoms with E-state index in [1.807, 2.05) is 6.07 Å². The molecule has 0 aliphatic carbocycles. The standard InChI is InChI=1S/C22H26FN3O4S/c1-24-22(27)20-17-12-15-6-4-5-11-26(31(28,29)25(2)3)18(15)13-19(17)30-21(20)14-7-9-16(23)10-8-14/h7-10,12-13,20-21H,4-6,11H2,1-3H3,(H,24,27). The Balaban J connectivity index is 1.83. The molecule has 0 radical (unpaired) electrons. The van der Waals surface area contributed by atoms with Gasteiger partial charge < -0.3 is 10.1 Å². The third kappa shape index (κ3) is 3.76. The largest absolute Gasteiger partial charge is 0.484 e. The van der Waals surface area contributed by atoms with E-state index in [9.17, 15) is 17.6 Å². The quantitative estimate of drug-likeness (QED) is 0.782. The predicted molar refractivity (Wildman–Crippen MR) is 116 cm³/mol. The number of hydrogen-bond donors (Lipinski definition) is 1. The Kier molecular flexibility index (Phi) is 5.65. The van der Waals surface area contributed by atoms with Gasteiger partial charge in [0.2, 0.25) is 5.91 Å². The van der Waals surface area contributed by atoms with Crippen LogP contribution in [0, 0.1) is 5.82 Å². The van der Waals surface area contributed by atoms with Gasteiger partial charge in [0.1, 0.15) is 23.6 Å². The average Bonchev–Trinajstić information content (AvgIpc) is 2.97. The number of amides is 1. The lowest BCUT2D eigenvalue weighted by atomic mass is 9.88. The second-order valence-corrected chi connectivity index (χ2v) is 10.1. The SMILES string of the molecule is CNC(=O)C1c2cc3c(cc2OC1c1ccc(F)cc1)N(S(=O)(=O)N(C)C)CCCC3. The van der Waals surface area contributed by atoms with E-state index >= 15 is 0 Å². The molecule has 2 atom stereocenters. The minimum Gasteiger partial charge on any atom is -0.484 e. The number of carbonyl (C=O) groups is 1. The smallest absolute Gasteiger partial charge is 0.303 e. The number of carbonyl (C=O) groups excluding carboxylic acids is 1. The number of fused-ring (bicyclic) bond motifs is 2. The van der Waals surface area contributed by atoms with Crippen LogP contribution in [0.2, 0.25) is 0 Å². The highest BCUT2D eigenvalue weighted by Gasteiger charge is 2.42. The number of ether oxygens (including phenoxy) is 1. The monoisotopic (exact) mass is 447 g/mol. The van der Waals surface area contributed by atoms with Crippen LogP contribution in [0.5, 0.6) is 5.75 Å². The molecule has 4 rings (SSSR count). The maximum Gasteiger partial charge on any atom is 0.303 e. The highest BCUT2D eigenvalue weighted by Crippen LogP contribution is 2.49. The highest BCUT2D eigenvalue weighted by atomic mass is 32.2. The van der Waals surface area contributed by atoms with Crippen molar-refractivity contribution in [3.05, 3.63) is 58.9 Å². The van der Waals surface area contributed by atoms with Crippen LogP contribution in [-0.2, 0) is 21.4 Å². The molecular weight excluding hydrogens is 421 g/mol. The van der Waals surface area contributed by atoms with Gasteiger partial charge in [0.05, 0.1) is 5.69 Å². The third-order valence-electron chi connectivity index (χ3n) is 5.90. The van der Waals surface area contributed by atoms with Crippen molar-refractivity contribution in [1.82, 2.24) is 9.62 Å².